The largest absolute Gasteiger partial charge is 0.444 e. The number of hydrogen-bond donors (Lipinski definition) is 0. The number of likely N-dealkylation sites (tertiary alicyclic amines) is 1. The lowest BCUT2D eigenvalue weighted by Crippen LogP contribution is -2.40. The molecule has 27 heavy (non-hydrogen) atoms. The molecule has 6 heteroatoms. The number of piperidine rings is 1. The van der Waals surface area contributed by atoms with E-state index >= 15 is 0 Å². The van der Waals surface area contributed by atoms with E-state index in [1.54, 1.807) is 17.0 Å². The highest BCUT2D eigenvalue weighted by Crippen LogP contribution is 2.24. The predicted molar refractivity (Wildman–Crippen MR) is 104 cm³/mol. The van der Waals surface area contributed by atoms with Gasteiger partial charge in [0.05, 0.1) is 12.3 Å². The molecule has 2 aliphatic heterocycles. The van der Waals surface area contributed by atoms with Crippen LogP contribution in [0.4, 0.5) is 10.5 Å². The average Bonchev–Trinajstić information content (AvgIpc) is 3.09. The molecule has 2 heterocycles. The van der Waals surface area contributed by atoms with Gasteiger partial charge in [0, 0.05) is 19.5 Å². The molecule has 1 atom stereocenters. The minimum Gasteiger partial charge on any atom is -0.444 e. The summed E-state index contributed by atoms with van der Waals surface area (Å²) in [6.45, 7) is 14.0. The van der Waals surface area contributed by atoms with Gasteiger partial charge in [-0.25, -0.2) is 9.64 Å². The first-order valence-corrected chi connectivity index (χ1v) is 9.22. The zero-order chi connectivity index (χ0) is 19.4. The van der Waals surface area contributed by atoms with Gasteiger partial charge in [-0.1, -0.05) is 35.0 Å². The van der Waals surface area contributed by atoms with Gasteiger partial charge in [-0.05, 0) is 45.3 Å². The van der Waals surface area contributed by atoms with Crippen LogP contribution in [0.15, 0.2) is 41.1 Å². The van der Waals surface area contributed by atoms with Gasteiger partial charge < -0.3 is 14.5 Å². The number of rotatable bonds is 2. The Morgan fingerprint density at radius 2 is 1.96 bits per heavy atom. The van der Waals surface area contributed by atoms with Crippen LogP contribution in [0.1, 0.15) is 45.6 Å². The normalized spacial score (nSPS) is 19.8. The van der Waals surface area contributed by atoms with Gasteiger partial charge in [0.2, 0.25) is 0 Å². The molecule has 1 unspecified atom stereocenters. The Kier molecular flexibility index (Phi) is 5.50. The molecule has 0 aromatic heterocycles. The fourth-order valence-electron chi connectivity index (χ4n) is 3.12. The number of ether oxygens (including phenoxy) is 1. The number of oxime groups is 1. The summed E-state index contributed by atoms with van der Waals surface area (Å²) in [6.07, 6.45) is 4.20. The summed E-state index contributed by atoms with van der Waals surface area (Å²) in [5.41, 5.74) is 3.34. The maximum atomic E-state index is 12.1. The number of amides is 1. The van der Waals surface area contributed by atoms with Crippen LogP contribution in [0.5, 0.6) is 0 Å². The van der Waals surface area contributed by atoms with Gasteiger partial charge in [0.15, 0.2) is 11.8 Å². The lowest BCUT2D eigenvalue weighted by Gasteiger charge is -2.31. The van der Waals surface area contributed by atoms with Gasteiger partial charge >= 0.3 is 6.09 Å². The SMILES string of the molecule is [C-]#[N+]c1ccc(C2=NOC(C=C3CCN(C(=O)OC(C)(C)C)CC3)C2)cc1. The first kappa shape index (κ1) is 19.0. The second kappa shape index (κ2) is 7.83. The molecular formula is C21H25N3O3. The molecular weight excluding hydrogens is 342 g/mol. The van der Waals surface area contributed by atoms with Crippen molar-refractivity contribution in [3.8, 4) is 0 Å². The van der Waals surface area contributed by atoms with Gasteiger partial charge in [-0.2, -0.15) is 0 Å². The van der Waals surface area contributed by atoms with Crippen molar-refractivity contribution in [3.05, 3.63) is 52.9 Å². The molecule has 0 bridgehead atoms. The summed E-state index contributed by atoms with van der Waals surface area (Å²) in [4.78, 5) is 22.9. The summed E-state index contributed by atoms with van der Waals surface area (Å²) in [5, 5.41) is 4.20. The standard InChI is InChI=1S/C21H25N3O3/c1-21(2,3)26-20(25)24-11-9-15(10-12-24)13-18-14-19(23-27-18)16-5-7-17(22-4)8-6-16/h5-8,13,18H,9-12,14H2,1-3H3. The van der Waals surface area contributed by atoms with E-state index in [-0.39, 0.29) is 12.2 Å². The van der Waals surface area contributed by atoms with Crippen LogP contribution in [0.3, 0.4) is 0 Å². The highest BCUT2D eigenvalue weighted by molar-refractivity contribution is 6.01. The van der Waals surface area contributed by atoms with Crippen molar-refractivity contribution in [2.45, 2.75) is 51.7 Å². The third kappa shape index (κ3) is 5.10. The monoisotopic (exact) mass is 367 g/mol. The average molecular weight is 367 g/mol. The molecule has 0 N–H and O–H groups in total. The van der Waals surface area contributed by atoms with Crippen LogP contribution >= 0.6 is 0 Å². The van der Waals surface area contributed by atoms with Crippen LogP contribution in [-0.4, -0.2) is 41.5 Å². The first-order valence-electron chi connectivity index (χ1n) is 9.22. The summed E-state index contributed by atoms with van der Waals surface area (Å²) in [7, 11) is 0. The van der Waals surface area contributed by atoms with E-state index in [0.717, 1.165) is 30.5 Å². The maximum Gasteiger partial charge on any atom is 0.410 e. The third-order valence-corrected chi connectivity index (χ3v) is 4.50. The minimum absolute atomic E-state index is 0.0661. The van der Waals surface area contributed by atoms with Crippen molar-refractivity contribution in [1.82, 2.24) is 4.90 Å². The zero-order valence-corrected chi connectivity index (χ0v) is 16.1. The molecule has 1 aromatic carbocycles. The van der Waals surface area contributed by atoms with E-state index in [1.165, 1.54) is 5.57 Å². The quantitative estimate of drug-likeness (QED) is 0.563. The smallest absolute Gasteiger partial charge is 0.410 e. The lowest BCUT2D eigenvalue weighted by atomic mass is 9.99. The van der Waals surface area contributed by atoms with E-state index in [1.807, 2.05) is 32.9 Å². The Morgan fingerprint density at radius 3 is 2.56 bits per heavy atom. The molecule has 142 valence electrons. The fraction of sp³-hybridized carbons (Fsp3) is 0.476. The first-order chi connectivity index (χ1) is 12.8. The number of benzene rings is 1. The van der Waals surface area contributed by atoms with Crippen molar-refractivity contribution in [2.24, 2.45) is 5.16 Å². The lowest BCUT2D eigenvalue weighted by molar-refractivity contribution is 0.0235. The van der Waals surface area contributed by atoms with Crippen molar-refractivity contribution in [1.29, 1.82) is 0 Å². The van der Waals surface area contributed by atoms with Crippen LogP contribution in [-0.2, 0) is 9.57 Å². The van der Waals surface area contributed by atoms with Crippen molar-refractivity contribution in [2.75, 3.05) is 13.1 Å². The van der Waals surface area contributed by atoms with Crippen LogP contribution in [0, 0.1) is 6.57 Å². The molecule has 1 saturated heterocycles. The second-order valence-corrected chi connectivity index (χ2v) is 7.84. The minimum atomic E-state index is -0.467. The molecule has 1 aromatic rings. The van der Waals surface area contributed by atoms with E-state index < -0.39 is 5.60 Å². The number of carbonyl (C=O) groups excluding carboxylic acids is 1. The van der Waals surface area contributed by atoms with Crippen LogP contribution in [0.2, 0.25) is 0 Å². The van der Waals surface area contributed by atoms with Gasteiger partial charge in [0.25, 0.3) is 0 Å². The van der Waals surface area contributed by atoms with E-state index in [0.29, 0.717) is 18.8 Å². The van der Waals surface area contributed by atoms with Gasteiger partial charge in [-0.15, -0.1) is 0 Å². The van der Waals surface area contributed by atoms with Crippen molar-refractivity contribution >= 4 is 17.5 Å². The molecule has 6 nitrogen and oxygen atoms in total. The van der Waals surface area contributed by atoms with Crippen molar-refractivity contribution < 1.29 is 14.4 Å². The number of hydrogen-bond acceptors (Lipinski definition) is 4. The summed E-state index contributed by atoms with van der Waals surface area (Å²) >= 11 is 0. The Hall–Kier alpha value is -2.81. The Balaban J connectivity index is 1.51. The zero-order valence-electron chi connectivity index (χ0n) is 16.1. The second-order valence-electron chi connectivity index (χ2n) is 7.84. The number of nitrogens with zero attached hydrogens (tertiary/aromatic N) is 3. The Morgan fingerprint density at radius 1 is 1.30 bits per heavy atom. The molecule has 0 radical (unpaired) electrons. The summed E-state index contributed by atoms with van der Waals surface area (Å²) in [6, 6.07) is 7.40. The molecule has 3 rings (SSSR count). The van der Waals surface area contributed by atoms with Crippen LogP contribution in [0.25, 0.3) is 4.85 Å². The van der Waals surface area contributed by atoms with Crippen LogP contribution < -0.4 is 0 Å². The highest BCUT2D eigenvalue weighted by atomic mass is 16.6. The molecule has 0 saturated carbocycles. The van der Waals surface area contributed by atoms with Gasteiger partial charge in [0.1, 0.15) is 5.60 Å². The molecule has 1 amide bonds. The molecule has 1 fully saturated rings. The third-order valence-electron chi connectivity index (χ3n) is 4.50. The molecule has 2 aliphatic rings. The van der Waals surface area contributed by atoms with E-state index in [2.05, 4.69) is 16.1 Å². The Labute approximate surface area is 160 Å². The van der Waals surface area contributed by atoms with E-state index in [9.17, 15) is 4.79 Å². The topological polar surface area (TPSA) is 55.5 Å². The fourth-order valence-corrected chi connectivity index (χ4v) is 3.12. The Bertz CT molecular complexity index is 787. The summed E-state index contributed by atoms with van der Waals surface area (Å²) in [5.74, 6) is 0. The highest BCUT2D eigenvalue weighted by Gasteiger charge is 2.26. The van der Waals surface area contributed by atoms with E-state index in [4.69, 9.17) is 16.1 Å². The number of carbonyl (C=O) groups is 1. The maximum absolute atomic E-state index is 12.1. The summed E-state index contributed by atoms with van der Waals surface area (Å²) < 4.78 is 5.43. The molecule has 0 spiro atoms. The van der Waals surface area contributed by atoms with Gasteiger partial charge in [-0.3, -0.25) is 0 Å². The molecule has 0 aliphatic carbocycles. The predicted octanol–water partition coefficient (Wildman–Crippen LogP) is 4.69. The van der Waals surface area contributed by atoms with Crippen molar-refractivity contribution in [3.63, 3.8) is 0 Å².